The fraction of sp³-hybridized carbons (Fsp3) is 0.571. The van der Waals surface area contributed by atoms with Gasteiger partial charge < -0.3 is 15.5 Å². The quantitative estimate of drug-likeness (QED) is 0.846. The van der Waals surface area contributed by atoms with Crippen molar-refractivity contribution < 1.29 is 13.2 Å². The van der Waals surface area contributed by atoms with Crippen molar-refractivity contribution in [2.45, 2.75) is 26.1 Å². The topological polar surface area (TPSA) is 32.5 Å². The monoisotopic (exact) mass is 289 g/mol. The van der Waals surface area contributed by atoms with Crippen LogP contribution in [0.5, 0.6) is 0 Å². The Morgan fingerprint density at radius 2 is 1.85 bits per heavy atom. The summed E-state index contributed by atoms with van der Waals surface area (Å²) in [5.41, 5.74) is 5.90. The first kappa shape index (κ1) is 16.6. The first-order chi connectivity index (χ1) is 9.16. The molecule has 0 radical (unpaired) electrons. The number of nitrogens with two attached hydrogens (primary N) is 1. The van der Waals surface area contributed by atoms with E-state index in [1.165, 1.54) is 6.07 Å². The number of nitrogen functional groups attached to an aromatic ring is 1. The molecule has 3 nitrogen and oxygen atoms in total. The molecule has 0 amide bonds. The van der Waals surface area contributed by atoms with Gasteiger partial charge in [0.1, 0.15) is 0 Å². The van der Waals surface area contributed by atoms with Gasteiger partial charge in [0.15, 0.2) is 0 Å². The molecule has 114 valence electrons. The van der Waals surface area contributed by atoms with E-state index in [-0.39, 0.29) is 11.7 Å². The van der Waals surface area contributed by atoms with Gasteiger partial charge in [0.05, 0.1) is 16.9 Å². The molecule has 2 N–H and O–H groups in total. The van der Waals surface area contributed by atoms with Gasteiger partial charge in [-0.15, -0.1) is 0 Å². The molecular formula is C14H22F3N3. The zero-order valence-electron chi connectivity index (χ0n) is 12.3. The Morgan fingerprint density at radius 1 is 1.25 bits per heavy atom. The third-order valence-corrected chi connectivity index (χ3v) is 3.17. The molecule has 6 heteroatoms. The summed E-state index contributed by atoms with van der Waals surface area (Å²) in [5, 5.41) is 0. The van der Waals surface area contributed by atoms with Crippen LogP contribution >= 0.6 is 0 Å². The van der Waals surface area contributed by atoms with E-state index < -0.39 is 11.7 Å². The van der Waals surface area contributed by atoms with Crippen LogP contribution in [-0.2, 0) is 6.18 Å². The highest BCUT2D eigenvalue weighted by Crippen LogP contribution is 2.34. The molecule has 0 heterocycles. The summed E-state index contributed by atoms with van der Waals surface area (Å²) in [6.07, 6.45) is -4.36. The highest BCUT2D eigenvalue weighted by atomic mass is 19.4. The van der Waals surface area contributed by atoms with Gasteiger partial charge in [0.25, 0.3) is 0 Å². The van der Waals surface area contributed by atoms with E-state index in [9.17, 15) is 13.2 Å². The zero-order valence-corrected chi connectivity index (χ0v) is 12.3. The fourth-order valence-electron chi connectivity index (χ4n) is 2.34. The lowest BCUT2D eigenvalue weighted by Gasteiger charge is -2.33. The van der Waals surface area contributed by atoms with Crippen LogP contribution in [0.2, 0.25) is 0 Å². The maximum atomic E-state index is 12.6. The molecule has 1 atom stereocenters. The largest absolute Gasteiger partial charge is 0.416 e. The van der Waals surface area contributed by atoms with Gasteiger partial charge in [-0.3, -0.25) is 0 Å². The summed E-state index contributed by atoms with van der Waals surface area (Å²) < 4.78 is 37.9. The fourth-order valence-corrected chi connectivity index (χ4v) is 2.34. The minimum atomic E-state index is -4.36. The van der Waals surface area contributed by atoms with Crippen molar-refractivity contribution in [1.82, 2.24) is 4.90 Å². The van der Waals surface area contributed by atoms with Gasteiger partial charge in [0, 0.05) is 19.1 Å². The number of hydrogen-bond donors (Lipinski definition) is 1. The Kier molecular flexibility index (Phi) is 5.28. The summed E-state index contributed by atoms with van der Waals surface area (Å²) in [5.74, 6) is 0. The number of nitrogens with zero attached hydrogens (tertiary/aromatic N) is 2. The minimum Gasteiger partial charge on any atom is -0.397 e. The van der Waals surface area contributed by atoms with Gasteiger partial charge in [-0.25, -0.2) is 0 Å². The number of alkyl halides is 3. The van der Waals surface area contributed by atoms with Crippen LogP contribution in [-0.4, -0.2) is 38.1 Å². The summed E-state index contributed by atoms with van der Waals surface area (Å²) in [6.45, 7) is 5.47. The van der Waals surface area contributed by atoms with E-state index in [4.69, 9.17) is 5.73 Å². The van der Waals surface area contributed by atoms with Crippen LogP contribution in [0.15, 0.2) is 18.2 Å². The van der Waals surface area contributed by atoms with E-state index in [0.717, 1.165) is 18.7 Å². The molecule has 1 aromatic carbocycles. The number of likely N-dealkylation sites (N-methyl/N-ethyl adjacent to an activating group) is 2. The highest BCUT2D eigenvalue weighted by molar-refractivity contribution is 5.69. The lowest BCUT2D eigenvalue weighted by Crippen LogP contribution is -2.40. The molecular weight excluding hydrogens is 267 g/mol. The third-order valence-electron chi connectivity index (χ3n) is 3.17. The minimum absolute atomic E-state index is 0.160. The molecule has 0 spiro atoms. The molecule has 0 fully saturated rings. The van der Waals surface area contributed by atoms with Gasteiger partial charge >= 0.3 is 6.18 Å². The highest BCUT2D eigenvalue weighted by Gasteiger charge is 2.31. The third kappa shape index (κ3) is 4.03. The van der Waals surface area contributed by atoms with Crippen LogP contribution in [0.25, 0.3) is 0 Å². The Balaban J connectivity index is 3.05. The summed E-state index contributed by atoms with van der Waals surface area (Å²) in [4.78, 5) is 4.04. The first-order valence-corrected chi connectivity index (χ1v) is 6.55. The Bertz CT molecular complexity index is 444. The molecule has 0 saturated heterocycles. The molecule has 0 aromatic heterocycles. The predicted octanol–water partition coefficient (Wildman–Crippen LogP) is 3.06. The van der Waals surface area contributed by atoms with Crippen molar-refractivity contribution in [3.05, 3.63) is 23.8 Å². The molecule has 20 heavy (non-hydrogen) atoms. The van der Waals surface area contributed by atoms with Crippen molar-refractivity contribution in [1.29, 1.82) is 0 Å². The Labute approximate surface area is 118 Å². The van der Waals surface area contributed by atoms with Crippen molar-refractivity contribution in [2.75, 3.05) is 37.8 Å². The second-order valence-electron chi connectivity index (χ2n) is 5.17. The smallest absolute Gasteiger partial charge is 0.397 e. The van der Waals surface area contributed by atoms with Crippen LogP contribution in [0.1, 0.15) is 19.4 Å². The molecule has 0 aliphatic heterocycles. The van der Waals surface area contributed by atoms with E-state index in [1.807, 2.05) is 37.7 Å². The van der Waals surface area contributed by atoms with E-state index in [2.05, 4.69) is 0 Å². The van der Waals surface area contributed by atoms with Crippen LogP contribution in [0, 0.1) is 0 Å². The maximum Gasteiger partial charge on any atom is 0.416 e. The predicted molar refractivity (Wildman–Crippen MR) is 76.9 cm³/mol. The second-order valence-corrected chi connectivity index (χ2v) is 5.17. The van der Waals surface area contributed by atoms with Gasteiger partial charge in [-0.1, -0.05) is 0 Å². The molecule has 0 saturated carbocycles. The van der Waals surface area contributed by atoms with Crippen molar-refractivity contribution in [3.8, 4) is 0 Å². The zero-order chi connectivity index (χ0) is 15.5. The lowest BCUT2D eigenvalue weighted by atomic mass is 10.1. The number of halogens is 3. The van der Waals surface area contributed by atoms with Gasteiger partial charge in [0.2, 0.25) is 0 Å². The van der Waals surface area contributed by atoms with Crippen molar-refractivity contribution in [3.63, 3.8) is 0 Å². The summed E-state index contributed by atoms with van der Waals surface area (Å²) in [7, 11) is 3.92. The molecule has 0 aliphatic carbocycles. The Morgan fingerprint density at radius 3 is 2.25 bits per heavy atom. The van der Waals surface area contributed by atoms with E-state index >= 15 is 0 Å². The average Bonchev–Trinajstić information content (AvgIpc) is 2.29. The normalized spacial score (nSPS) is 13.6. The van der Waals surface area contributed by atoms with Crippen LogP contribution in [0.3, 0.4) is 0 Å². The number of hydrogen-bond acceptors (Lipinski definition) is 3. The molecule has 1 aromatic rings. The van der Waals surface area contributed by atoms with E-state index in [0.29, 0.717) is 12.2 Å². The van der Waals surface area contributed by atoms with Crippen LogP contribution in [0.4, 0.5) is 24.5 Å². The Hall–Kier alpha value is -1.43. The first-order valence-electron chi connectivity index (χ1n) is 6.55. The number of benzene rings is 1. The van der Waals surface area contributed by atoms with Crippen molar-refractivity contribution in [2.24, 2.45) is 0 Å². The number of anilines is 2. The van der Waals surface area contributed by atoms with Crippen LogP contribution < -0.4 is 10.6 Å². The molecule has 1 rings (SSSR count). The number of rotatable bonds is 5. The SMILES string of the molecule is CCN(c1ccc(C(F)(F)F)cc1N)C(C)CN(C)C. The summed E-state index contributed by atoms with van der Waals surface area (Å²) in [6, 6.07) is 3.69. The standard InChI is InChI=1S/C14H22F3N3/c1-5-20(10(2)9-19(3)4)13-7-6-11(8-12(13)18)14(15,16)17/h6-8,10H,5,9,18H2,1-4H3. The van der Waals surface area contributed by atoms with Crippen molar-refractivity contribution >= 4 is 11.4 Å². The van der Waals surface area contributed by atoms with E-state index in [1.54, 1.807) is 0 Å². The molecule has 0 aliphatic rings. The van der Waals surface area contributed by atoms with Gasteiger partial charge in [-0.2, -0.15) is 13.2 Å². The summed E-state index contributed by atoms with van der Waals surface area (Å²) >= 11 is 0. The maximum absolute atomic E-state index is 12.6. The molecule has 1 unspecified atom stereocenters. The molecule has 0 bridgehead atoms. The van der Waals surface area contributed by atoms with Gasteiger partial charge in [-0.05, 0) is 46.1 Å². The average molecular weight is 289 g/mol. The lowest BCUT2D eigenvalue weighted by molar-refractivity contribution is -0.137. The second kappa shape index (κ2) is 6.35.